The van der Waals surface area contributed by atoms with E-state index in [2.05, 4.69) is 31.9 Å². The van der Waals surface area contributed by atoms with Gasteiger partial charge >= 0.3 is 0 Å². The molecule has 1 amide bonds. The number of fused-ring (bicyclic) bond motifs is 1. The van der Waals surface area contributed by atoms with Crippen LogP contribution in [0.3, 0.4) is 0 Å². The van der Waals surface area contributed by atoms with Gasteiger partial charge in [-0.15, -0.1) is 10.2 Å². The molecule has 0 bridgehead atoms. The van der Waals surface area contributed by atoms with Crippen LogP contribution in [0.25, 0.3) is 22.3 Å². The molecule has 2 heterocycles. The number of aromatic amines is 1. The Balaban J connectivity index is 1.73. The fraction of sp³-hybridized carbons (Fsp3) is 0.389. The summed E-state index contributed by atoms with van der Waals surface area (Å²) in [6.45, 7) is 1.92. The molecule has 25 heavy (non-hydrogen) atoms. The number of carbonyl (C=O) groups excluding carboxylic acids is 1. The van der Waals surface area contributed by atoms with Gasteiger partial charge in [-0.1, -0.05) is 30.0 Å². The Bertz CT molecular complexity index is 925. The number of amides is 1. The average Bonchev–Trinajstić information content (AvgIpc) is 3.22. The second-order valence-corrected chi connectivity index (χ2v) is 7.96. The smallest absolute Gasteiger partial charge is 0.235 e. The third-order valence-electron chi connectivity index (χ3n) is 4.48. The second-order valence-electron chi connectivity index (χ2n) is 6.65. The molecule has 6 nitrogen and oxygen atoms in total. The number of aromatic nitrogens is 4. The highest BCUT2D eigenvalue weighted by atomic mass is 32.2. The van der Waals surface area contributed by atoms with E-state index >= 15 is 0 Å². The van der Waals surface area contributed by atoms with Crippen LogP contribution >= 0.6 is 11.8 Å². The molecule has 3 aromatic rings. The minimum atomic E-state index is -0.187. The molecule has 2 aromatic heterocycles. The summed E-state index contributed by atoms with van der Waals surface area (Å²) in [6.07, 6.45) is 4.27. The predicted molar refractivity (Wildman–Crippen MR) is 99.6 cm³/mol. The van der Waals surface area contributed by atoms with Crippen molar-refractivity contribution in [3.05, 3.63) is 30.5 Å². The van der Waals surface area contributed by atoms with Crippen LogP contribution in [-0.2, 0) is 4.79 Å². The van der Waals surface area contributed by atoms with Gasteiger partial charge in [0.2, 0.25) is 5.91 Å². The van der Waals surface area contributed by atoms with E-state index in [1.165, 1.54) is 11.8 Å². The highest BCUT2D eigenvalue weighted by Gasteiger charge is 2.32. The molecule has 1 N–H and O–H groups in total. The number of hydrogen-bond donors (Lipinski definition) is 1. The van der Waals surface area contributed by atoms with Crippen molar-refractivity contribution >= 4 is 28.6 Å². The lowest BCUT2D eigenvalue weighted by Crippen LogP contribution is -2.29. The van der Waals surface area contributed by atoms with E-state index in [0.717, 1.165) is 40.3 Å². The van der Waals surface area contributed by atoms with Gasteiger partial charge in [-0.05, 0) is 25.8 Å². The summed E-state index contributed by atoms with van der Waals surface area (Å²) in [4.78, 5) is 17.1. The summed E-state index contributed by atoms with van der Waals surface area (Å²) < 4.78 is 2.21. The molecule has 0 spiro atoms. The molecule has 0 saturated heterocycles. The molecule has 1 aromatic carbocycles. The Labute approximate surface area is 150 Å². The van der Waals surface area contributed by atoms with Crippen molar-refractivity contribution in [2.75, 3.05) is 14.1 Å². The third kappa shape index (κ3) is 2.93. The molecule has 1 atom stereocenters. The van der Waals surface area contributed by atoms with Crippen molar-refractivity contribution in [1.29, 1.82) is 0 Å². The zero-order chi connectivity index (χ0) is 17.6. The zero-order valence-electron chi connectivity index (χ0n) is 14.6. The first-order chi connectivity index (χ1) is 12.1. The molecule has 7 heteroatoms. The molecule has 1 aliphatic carbocycles. The van der Waals surface area contributed by atoms with E-state index in [4.69, 9.17) is 0 Å². The number of thioether (sulfide) groups is 1. The van der Waals surface area contributed by atoms with Gasteiger partial charge in [0.25, 0.3) is 0 Å². The van der Waals surface area contributed by atoms with Crippen LogP contribution in [0.2, 0.25) is 0 Å². The fourth-order valence-corrected chi connectivity index (χ4v) is 4.10. The Kier molecular flexibility index (Phi) is 4.03. The SMILES string of the molecule is C[C@@H](Sc1nnc(-c2c[nH]c3ccccc23)n1C1CC1)C(=O)N(C)C. The Morgan fingerprint density at radius 2 is 2.08 bits per heavy atom. The maximum atomic E-state index is 12.2. The van der Waals surface area contributed by atoms with Crippen molar-refractivity contribution in [2.24, 2.45) is 0 Å². The number of carbonyl (C=O) groups is 1. The van der Waals surface area contributed by atoms with E-state index in [1.54, 1.807) is 19.0 Å². The van der Waals surface area contributed by atoms with Crippen LogP contribution in [0.4, 0.5) is 0 Å². The molecule has 1 aliphatic rings. The first-order valence-corrected chi connectivity index (χ1v) is 9.33. The van der Waals surface area contributed by atoms with Gasteiger partial charge in [0.15, 0.2) is 11.0 Å². The Hall–Kier alpha value is -2.28. The summed E-state index contributed by atoms with van der Waals surface area (Å²) in [7, 11) is 3.56. The lowest BCUT2D eigenvalue weighted by Gasteiger charge is -2.16. The number of para-hydroxylation sites is 1. The number of rotatable bonds is 5. The predicted octanol–water partition coefficient (Wildman–Crippen LogP) is 3.33. The second kappa shape index (κ2) is 6.22. The molecule has 0 radical (unpaired) electrons. The van der Waals surface area contributed by atoms with E-state index < -0.39 is 0 Å². The molecule has 1 fully saturated rings. The quantitative estimate of drug-likeness (QED) is 0.713. The van der Waals surface area contributed by atoms with Crippen LogP contribution in [-0.4, -0.2) is 49.9 Å². The minimum Gasteiger partial charge on any atom is -0.360 e. The van der Waals surface area contributed by atoms with E-state index in [0.29, 0.717) is 6.04 Å². The number of nitrogens with zero attached hydrogens (tertiary/aromatic N) is 4. The van der Waals surface area contributed by atoms with Gasteiger partial charge in [-0.25, -0.2) is 0 Å². The first kappa shape index (κ1) is 16.2. The van der Waals surface area contributed by atoms with Crippen LogP contribution in [0, 0.1) is 0 Å². The summed E-state index contributed by atoms with van der Waals surface area (Å²) in [5, 5.41) is 10.7. The maximum Gasteiger partial charge on any atom is 0.235 e. The normalized spacial score (nSPS) is 15.5. The van der Waals surface area contributed by atoms with Gasteiger partial charge in [0.05, 0.1) is 5.25 Å². The van der Waals surface area contributed by atoms with Crippen LogP contribution in [0.5, 0.6) is 0 Å². The van der Waals surface area contributed by atoms with Gasteiger partial charge in [-0.3, -0.25) is 9.36 Å². The van der Waals surface area contributed by atoms with Crippen molar-refractivity contribution in [1.82, 2.24) is 24.6 Å². The minimum absolute atomic E-state index is 0.0870. The molecule has 0 unspecified atom stereocenters. The first-order valence-electron chi connectivity index (χ1n) is 8.45. The topological polar surface area (TPSA) is 66.8 Å². The Morgan fingerprint density at radius 1 is 1.32 bits per heavy atom. The highest BCUT2D eigenvalue weighted by Crippen LogP contribution is 2.42. The number of nitrogens with one attached hydrogen (secondary N) is 1. The molecule has 4 rings (SSSR count). The molecule has 130 valence electrons. The number of benzene rings is 1. The summed E-state index contributed by atoms with van der Waals surface area (Å²) >= 11 is 1.49. The molecule has 1 saturated carbocycles. The van der Waals surface area contributed by atoms with Crippen LogP contribution < -0.4 is 0 Å². The molecular weight excluding hydrogens is 334 g/mol. The summed E-state index contributed by atoms with van der Waals surface area (Å²) in [5.41, 5.74) is 2.15. The number of hydrogen-bond acceptors (Lipinski definition) is 4. The van der Waals surface area contributed by atoms with Crippen molar-refractivity contribution < 1.29 is 4.79 Å². The summed E-state index contributed by atoms with van der Waals surface area (Å²) in [6, 6.07) is 8.64. The van der Waals surface area contributed by atoms with Gasteiger partial charge in [-0.2, -0.15) is 0 Å². The van der Waals surface area contributed by atoms with Gasteiger partial charge in [0.1, 0.15) is 0 Å². The summed E-state index contributed by atoms with van der Waals surface area (Å²) in [5.74, 6) is 0.968. The van der Waals surface area contributed by atoms with E-state index in [-0.39, 0.29) is 11.2 Å². The lowest BCUT2D eigenvalue weighted by atomic mass is 10.1. The van der Waals surface area contributed by atoms with Gasteiger partial charge in [0, 0.05) is 42.8 Å². The number of H-pyrrole nitrogens is 1. The monoisotopic (exact) mass is 355 g/mol. The highest BCUT2D eigenvalue weighted by molar-refractivity contribution is 8.00. The van der Waals surface area contributed by atoms with Crippen molar-refractivity contribution in [3.8, 4) is 11.4 Å². The maximum absolute atomic E-state index is 12.2. The fourth-order valence-electron chi connectivity index (χ4n) is 3.03. The zero-order valence-corrected chi connectivity index (χ0v) is 15.4. The average molecular weight is 355 g/mol. The van der Waals surface area contributed by atoms with Crippen LogP contribution in [0.1, 0.15) is 25.8 Å². The lowest BCUT2D eigenvalue weighted by molar-refractivity contribution is -0.127. The molecule has 0 aliphatic heterocycles. The molecular formula is C18H21N5OS. The Morgan fingerprint density at radius 3 is 2.80 bits per heavy atom. The van der Waals surface area contributed by atoms with Gasteiger partial charge < -0.3 is 9.88 Å². The standard InChI is InChI=1S/C18H21N5OS/c1-11(17(24)22(2)3)25-18-21-20-16(23(18)12-8-9-12)14-10-19-15-7-5-4-6-13(14)15/h4-7,10-12,19H,8-9H2,1-3H3/t11-/m1/s1. The van der Waals surface area contributed by atoms with Crippen LogP contribution in [0.15, 0.2) is 35.6 Å². The largest absolute Gasteiger partial charge is 0.360 e. The van der Waals surface area contributed by atoms with Crippen molar-refractivity contribution in [3.63, 3.8) is 0 Å². The third-order valence-corrected chi connectivity index (χ3v) is 5.52. The van der Waals surface area contributed by atoms with E-state index in [1.807, 2.05) is 25.3 Å². The van der Waals surface area contributed by atoms with E-state index in [9.17, 15) is 4.79 Å². The van der Waals surface area contributed by atoms with Crippen molar-refractivity contribution in [2.45, 2.75) is 36.2 Å².